The van der Waals surface area contributed by atoms with Crippen LogP contribution in [0.15, 0.2) is 28.7 Å². The van der Waals surface area contributed by atoms with Crippen LogP contribution in [0, 0.1) is 0 Å². The fourth-order valence-corrected chi connectivity index (χ4v) is 1.37. The zero-order valence-electron chi connectivity index (χ0n) is 6.14. The van der Waals surface area contributed by atoms with Gasteiger partial charge in [-0.15, -0.1) is 0 Å². The molecule has 0 saturated heterocycles. The molecule has 0 aromatic heterocycles. The Morgan fingerprint density at radius 3 is 2.27 bits per heavy atom. The molecule has 60 valence electrons. The van der Waals surface area contributed by atoms with Crippen molar-refractivity contribution in [2.45, 2.75) is 4.95 Å². The summed E-state index contributed by atoms with van der Waals surface area (Å²) in [5.41, 5.74) is 1.23. The summed E-state index contributed by atoms with van der Waals surface area (Å²) in [4.78, 5) is 0.246. The fraction of sp³-hybridized carbons (Fsp3) is 0.250. The smallest absolute Gasteiger partial charge is 0.0884 e. The van der Waals surface area contributed by atoms with Gasteiger partial charge in [0.1, 0.15) is 0 Å². The average molecular weight is 279 g/mol. The van der Waals surface area contributed by atoms with E-state index >= 15 is 0 Å². The van der Waals surface area contributed by atoms with Gasteiger partial charge in [0.15, 0.2) is 0 Å². The van der Waals surface area contributed by atoms with E-state index in [4.69, 9.17) is 0 Å². The first kappa shape index (κ1) is 9.23. The Kier molecular flexibility index (Phi) is 3.55. The van der Waals surface area contributed by atoms with Gasteiger partial charge in [-0.25, -0.2) is 0 Å². The Bertz CT molecular complexity index is 220. The molecular weight excluding hydrogens is 270 g/mol. The van der Waals surface area contributed by atoms with Crippen LogP contribution in [-0.4, -0.2) is 7.05 Å². The minimum absolute atomic E-state index is 0.246. The van der Waals surface area contributed by atoms with Crippen LogP contribution in [0.5, 0.6) is 0 Å². The van der Waals surface area contributed by atoms with Crippen LogP contribution < -0.4 is 5.32 Å². The molecule has 1 nitrogen and oxygen atoms in total. The van der Waals surface area contributed by atoms with E-state index in [0.717, 1.165) is 4.47 Å². The molecule has 0 saturated carbocycles. The molecule has 0 aliphatic carbocycles. The number of benzene rings is 1. The lowest BCUT2D eigenvalue weighted by Crippen LogP contribution is -2.08. The van der Waals surface area contributed by atoms with Crippen LogP contribution >= 0.6 is 31.9 Å². The van der Waals surface area contributed by atoms with E-state index in [1.807, 2.05) is 19.2 Å². The zero-order chi connectivity index (χ0) is 8.27. The van der Waals surface area contributed by atoms with Crippen molar-refractivity contribution in [3.05, 3.63) is 34.3 Å². The SMILES string of the molecule is CNC(Br)c1ccc(Br)cc1. The Balaban J connectivity index is 2.81. The molecule has 1 N–H and O–H groups in total. The molecule has 0 radical (unpaired) electrons. The van der Waals surface area contributed by atoms with Crippen molar-refractivity contribution in [3.8, 4) is 0 Å². The third-order valence-electron chi connectivity index (χ3n) is 1.42. The molecule has 0 aliphatic rings. The van der Waals surface area contributed by atoms with Crippen molar-refractivity contribution in [2.24, 2.45) is 0 Å². The summed E-state index contributed by atoms with van der Waals surface area (Å²) in [5.74, 6) is 0. The van der Waals surface area contributed by atoms with Gasteiger partial charge in [-0.3, -0.25) is 0 Å². The van der Waals surface area contributed by atoms with E-state index < -0.39 is 0 Å². The quantitative estimate of drug-likeness (QED) is 0.648. The highest BCUT2D eigenvalue weighted by atomic mass is 79.9. The van der Waals surface area contributed by atoms with Gasteiger partial charge in [0.2, 0.25) is 0 Å². The molecule has 0 fully saturated rings. The third kappa shape index (κ3) is 2.58. The topological polar surface area (TPSA) is 12.0 Å². The van der Waals surface area contributed by atoms with Crippen LogP contribution in [0.3, 0.4) is 0 Å². The van der Waals surface area contributed by atoms with E-state index in [1.165, 1.54) is 5.56 Å². The Morgan fingerprint density at radius 1 is 1.27 bits per heavy atom. The highest BCUT2D eigenvalue weighted by molar-refractivity contribution is 9.10. The molecule has 0 bridgehead atoms. The Labute approximate surface area is 83.4 Å². The molecule has 0 spiro atoms. The highest BCUT2D eigenvalue weighted by Crippen LogP contribution is 2.20. The number of halogens is 2. The summed E-state index contributed by atoms with van der Waals surface area (Å²) in [6, 6.07) is 8.20. The standard InChI is InChI=1S/C8H9Br2N/c1-11-8(10)6-2-4-7(9)5-3-6/h2-5,8,11H,1H3. The number of alkyl halides is 1. The molecular formula is C8H9Br2N. The second-order valence-electron chi connectivity index (χ2n) is 2.20. The second-order valence-corrected chi connectivity index (χ2v) is 4.03. The second kappa shape index (κ2) is 4.24. The number of nitrogens with one attached hydrogen (secondary N) is 1. The van der Waals surface area contributed by atoms with Gasteiger partial charge in [-0.1, -0.05) is 44.0 Å². The summed E-state index contributed by atoms with van der Waals surface area (Å²) in [5, 5.41) is 3.10. The summed E-state index contributed by atoms with van der Waals surface area (Å²) in [6.07, 6.45) is 0. The Hall–Kier alpha value is 0.140. The molecule has 0 aliphatic heterocycles. The molecule has 1 atom stereocenters. The lowest BCUT2D eigenvalue weighted by Gasteiger charge is -2.07. The van der Waals surface area contributed by atoms with Crippen LogP contribution in [0.4, 0.5) is 0 Å². The molecule has 0 heterocycles. The van der Waals surface area contributed by atoms with E-state index in [0.29, 0.717) is 0 Å². The van der Waals surface area contributed by atoms with E-state index in [9.17, 15) is 0 Å². The largest absolute Gasteiger partial charge is 0.304 e. The van der Waals surface area contributed by atoms with Gasteiger partial charge in [-0.2, -0.15) is 0 Å². The third-order valence-corrected chi connectivity index (χ3v) is 2.93. The molecule has 0 amide bonds. The number of hydrogen-bond donors (Lipinski definition) is 1. The van der Waals surface area contributed by atoms with Crippen molar-refractivity contribution in [2.75, 3.05) is 7.05 Å². The van der Waals surface area contributed by atoms with Crippen molar-refractivity contribution < 1.29 is 0 Å². The highest BCUT2D eigenvalue weighted by Gasteiger charge is 2.01. The maximum atomic E-state index is 3.48. The first-order valence-corrected chi connectivity index (χ1v) is 5.01. The zero-order valence-corrected chi connectivity index (χ0v) is 9.31. The van der Waals surface area contributed by atoms with Crippen molar-refractivity contribution in [1.29, 1.82) is 0 Å². The lowest BCUT2D eigenvalue weighted by molar-refractivity contribution is 0.808. The van der Waals surface area contributed by atoms with Crippen molar-refractivity contribution in [3.63, 3.8) is 0 Å². The lowest BCUT2D eigenvalue weighted by atomic mass is 10.2. The van der Waals surface area contributed by atoms with Crippen molar-refractivity contribution in [1.82, 2.24) is 5.32 Å². The first-order chi connectivity index (χ1) is 5.24. The monoisotopic (exact) mass is 277 g/mol. The van der Waals surface area contributed by atoms with E-state index in [-0.39, 0.29) is 4.95 Å². The van der Waals surface area contributed by atoms with Gasteiger partial charge < -0.3 is 5.32 Å². The molecule has 3 heteroatoms. The minimum Gasteiger partial charge on any atom is -0.304 e. The molecule has 1 aromatic carbocycles. The predicted octanol–water partition coefficient (Wildman–Crippen LogP) is 3.06. The summed E-state index contributed by atoms with van der Waals surface area (Å²) >= 11 is 6.86. The van der Waals surface area contributed by atoms with E-state index in [1.54, 1.807) is 0 Å². The maximum absolute atomic E-state index is 3.48. The van der Waals surface area contributed by atoms with Crippen LogP contribution in [0.2, 0.25) is 0 Å². The minimum atomic E-state index is 0.246. The summed E-state index contributed by atoms with van der Waals surface area (Å²) in [7, 11) is 1.92. The Morgan fingerprint density at radius 2 is 1.82 bits per heavy atom. The van der Waals surface area contributed by atoms with Gasteiger partial charge in [-0.05, 0) is 24.7 Å². The van der Waals surface area contributed by atoms with Crippen LogP contribution in [0.25, 0.3) is 0 Å². The predicted molar refractivity (Wildman–Crippen MR) is 54.9 cm³/mol. The summed E-state index contributed by atoms with van der Waals surface area (Å²) < 4.78 is 1.11. The number of rotatable bonds is 2. The van der Waals surface area contributed by atoms with Crippen LogP contribution in [0.1, 0.15) is 10.5 Å². The van der Waals surface area contributed by atoms with Gasteiger partial charge in [0, 0.05) is 4.47 Å². The number of hydrogen-bond acceptors (Lipinski definition) is 1. The molecule has 1 rings (SSSR count). The fourth-order valence-electron chi connectivity index (χ4n) is 0.798. The first-order valence-electron chi connectivity index (χ1n) is 3.31. The summed E-state index contributed by atoms with van der Waals surface area (Å²) in [6.45, 7) is 0. The van der Waals surface area contributed by atoms with Crippen molar-refractivity contribution >= 4 is 31.9 Å². The van der Waals surface area contributed by atoms with E-state index in [2.05, 4.69) is 49.3 Å². The average Bonchev–Trinajstić information content (AvgIpc) is 2.05. The molecule has 11 heavy (non-hydrogen) atoms. The van der Waals surface area contributed by atoms with Crippen LogP contribution in [-0.2, 0) is 0 Å². The maximum Gasteiger partial charge on any atom is 0.0884 e. The van der Waals surface area contributed by atoms with Gasteiger partial charge in [0.25, 0.3) is 0 Å². The van der Waals surface area contributed by atoms with Gasteiger partial charge in [0.05, 0.1) is 4.95 Å². The van der Waals surface area contributed by atoms with Gasteiger partial charge >= 0.3 is 0 Å². The molecule has 1 unspecified atom stereocenters. The molecule has 1 aromatic rings. The normalized spacial score (nSPS) is 13.0.